The normalized spacial score (nSPS) is 12.1. The maximum Gasteiger partial charge on any atom is 0.162 e. The SMILES string of the molecule is CC1(C)c2ccccc2-c2c1ccc1c2c2ccccc2n1-c1ccc(-c2cc(-c3ccccc3)nc(-c3ccccc3)c2)cc1-c1cc(-c2ccccc2)nc(-c2ccccc2)n1.c1ccc(-c2cc(-c3ccc(-n4c5ccccc5c5c6c7ccccc7n(-c7ccccc7)c6ccc54)c(-c4nc(-c5ccccc5)cc(-c5ccccc5)n4)c3)nc(-c3ccccc3)n2)cc1. The van der Waals surface area contributed by atoms with Crippen LogP contribution in [0.3, 0.4) is 0 Å². The molecule has 25 rings (SSSR count). The number of hydrogen-bond acceptors (Lipinski definition) is 7. The van der Waals surface area contributed by atoms with Gasteiger partial charge >= 0.3 is 0 Å². The third kappa shape index (κ3) is 13.8. The van der Waals surface area contributed by atoms with Crippen molar-refractivity contribution in [1.82, 2.24) is 48.6 Å². The fourth-order valence-electron chi connectivity index (χ4n) is 19.7. The molecule has 0 bridgehead atoms. The zero-order chi connectivity index (χ0) is 87.7. The first-order valence-corrected chi connectivity index (χ1v) is 44.8. The van der Waals surface area contributed by atoms with Crippen molar-refractivity contribution in [2.45, 2.75) is 19.3 Å². The Hall–Kier alpha value is -17.5. The van der Waals surface area contributed by atoms with E-state index >= 15 is 0 Å². The Kier molecular flexibility index (Phi) is 19.4. The molecule has 0 atom stereocenters. The van der Waals surface area contributed by atoms with Crippen LogP contribution in [-0.4, -0.2) is 48.6 Å². The lowest BCUT2D eigenvalue weighted by Gasteiger charge is -2.21. The molecule has 24 aromatic rings. The standard InChI is InChI=1S/C62H40N6.C60H42N4/c1-6-20-41(21-7-1)50-40-53(64-61(63-50)44-26-12-4-13-27-44)45-34-35-56(49(38-45)62-65-51(42-22-8-2-9-23-42)39-52(66-62)43-24-10-3-11-25-43)68-55-33-19-17-31-48(55)60-58(68)37-36-57-59(60)47-30-16-18-32-54(47)67(57)46-28-14-5-15-29-46;1-60(2)48-29-17-15-27-45(48)57-49(60)32-34-56-58(57)46-28-16-18-30-54(46)64(56)55-33-31-43(44-36-50(39-19-7-3-8-20-39)61-51(37-44)40-21-9-4-10-22-40)35-47(55)53-38-52(41-23-11-5-12-24-41)62-59(63-53)42-25-13-6-14-26-42/h1-40H;3-38H,1-2H3. The first kappa shape index (κ1) is 78.0. The third-order valence-corrected chi connectivity index (χ3v) is 26.0. The van der Waals surface area contributed by atoms with Gasteiger partial charge in [0.25, 0.3) is 0 Å². The Labute approximate surface area is 763 Å². The summed E-state index contributed by atoms with van der Waals surface area (Å²) >= 11 is 0. The van der Waals surface area contributed by atoms with E-state index in [0.717, 1.165) is 168 Å². The van der Waals surface area contributed by atoms with Crippen LogP contribution < -0.4 is 0 Å². The van der Waals surface area contributed by atoms with Crippen LogP contribution in [0.25, 0.3) is 229 Å². The molecular formula is C122H82N10. The average molecular weight is 1690 g/mol. The first-order chi connectivity index (χ1) is 65.2. The molecule has 1 aliphatic carbocycles. The van der Waals surface area contributed by atoms with Crippen LogP contribution in [0.4, 0.5) is 0 Å². The van der Waals surface area contributed by atoms with Crippen molar-refractivity contribution in [2.24, 2.45) is 0 Å². The highest BCUT2D eigenvalue weighted by Gasteiger charge is 2.38. The minimum Gasteiger partial charge on any atom is -0.309 e. The van der Waals surface area contributed by atoms with Crippen LogP contribution in [0.15, 0.2) is 461 Å². The Morgan fingerprint density at radius 3 is 0.962 bits per heavy atom. The van der Waals surface area contributed by atoms with Crippen molar-refractivity contribution in [3.63, 3.8) is 0 Å². The van der Waals surface area contributed by atoms with E-state index in [0.29, 0.717) is 17.5 Å². The van der Waals surface area contributed by atoms with Gasteiger partial charge in [0.2, 0.25) is 0 Å². The molecule has 132 heavy (non-hydrogen) atoms. The third-order valence-electron chi connectivity index (χ3n) is 26.0. The number of fused-ring (bicyclic) bond motifs is 14. The van der Waals surface area contributed by atoms with Crippen LogP contribution in [-0.2, 0) is 5.41 Å². The van der Waals surface area contributed by atoms with Gasteiger partial charge in [-0.1, -0.05) is 372 Å². The predicted molar refractivity (Wildman–Crippen MR) is 543 cm³/mol. The Morgan fingerprint density at radius 1 is 0.182 bits per heavy atom. The second kappa shape index (κ2) is 32.7. The van der Waals surface area contributed by atoms with E-state index in [1.165, 1.54) is 54.6 Å². The van der Waals surface area contributed by atoms with Gasteiger partial charge in [0.15, 0.2) is 17.5 Å². The minimum atomic E-state index is -0.124. The van der Waals surface area contributed by atoms with Gasteiger partial charge in [-0.3, -0.25) is 0 Å². The highest BCUT2D eigenvalue weighted by Crippen LogP contribution is 2.55. The molecular weight excluding hydrogens is 1610 g/mol. The molecule has 0 aliphatic heterocycles. The van der Waals surface area contributed by atoms with Crippen molar-refractivity contribution in [2.75, 3.05) is 0 Å². The zero-order valence-corrected chi connectivity index (χ0v) is 72.4. The summed E-state index contributed by atoms with van der Waals surface area (Å²) in [6.07, 6.45) is 0. The van der Waals surface area contributed by atoms with Crippen molar-refractivity contribution >= 4 is 65.4 Å². The van der Waals surface area contributed by atoms with Crippen LogP contribution in [0.1, 0.15) is 25.0 Å². The fraction of sp³-hybridized carbons (Fsp3) is 0.0246. The summed E-state index contributed by atoms with van der Waals surface area (Å²) in [5.74, 6) is 1.94. The molecule has 620 valence electrons. The molecule has 7 aromatic heterocycles. The summed E-state index contributed by atoms with van der Waals surface area (Å²) < 4.78 is 7.25. The van der Waals surface area contributed by atoms with Crippen molar-refractivity contribution < 1.29 is 0 Å². The molecule has 0 fully saturated rings. The second-order valence-electron chi connectivity index (χ2n) is 34.2. The Bertz CT molecular complexity index is 8320. The summed E-state index contributed by atoms with van der Waals surface area (Å²) in [6.45, 7) is 4.71. The van der Waals surface area contributed by atoms with Crippen LogP contribution in [0, 0.1) is 0 Å². The first-order valence-electron chi connectivity index (χ1n) is 44.8. The van der Waals surface area contributed by atoms with E-state index in [1.807, 2.05) is 84.9 Å². The summed E-state index contributed by atoms with van der Waals surface area (Å²) in [5, 5.41) is 7.27. The Balaban J connectivity index is 0.000000146. The average Bonchev–Trinajstić information content (AvgIpc) is 1.54. The molecule has 1 aliphatic rings. The number of aromatic nitrogens is 10. The highest BCUT2D eigenvalue weighted by molar-refractivity contribution is 6.29. The van der Waals surface area contributed by atoms with E-state index in [4.69, 9.17) is 34.9 Å². The van der Waals surface area contributed by atoms with Gasteiger partial charge in [0, 0.05) is 105 Å². The molecule has 10 heteroatoms. The number of pyridine rings is 1. The van der Waals surface area contributed by atoms with Gasteiger partial charge in [-0.25, -0.2) is 34.9 Å². The van der Waals surface area contributed by atoms with Gasteiger partial charge in [-0.15, -0.1) is 0 Å². The molecule has 0 unspecified atom stereocenters. The molecule has 10 nitrogen and oxygen atoms in total. The Morgan fingerprint density at radius 2 is 0.500 bits per heavy atom. The number of nitrogens with zero attached hydrogens (tertiary/aromatic N) is 10. The molecule has 0 spiro atoms. The molecule has 0 N–H and O–H groups in total. The highest BCUT2D eigenvalue weighted by atomic mass is 15.0. The quantitative estimate of drug-likeness (QED) is 0.101. The predicted octanol–water partition coefficient (Wildman–Crippen LogP) is 30.7. The lowest BCUT2D eigenvalue weighted by Crippen LogP contribution is -2.14. The van der Waals surface area contributed by atoms with Gasteiger partial charge in [0.1, 0.15) is 0 Å². The summed E-state index contributed by atoms with van der Waals surface area (Å²) in [7, 11) is 0. The lowest BCUT2D eigenvalue weighted by atomic mass is 9.82. The minimum absolute atomic E-state index is 0.124. The zero-order valence-electron chi connectivity index (χ0n) is 72.4. The second-order valence-corrected chi connectivity index (χ2v) is 34.2. The van der Waals surface area contributed by atoms with Crippen molar-refractivity contribution in [3.05, 3.63) is 472 Å². The maximum absolute atomic E-state index is 5.46. The lowest BCUT2D eigenvalue weighted by molar-refractivity contribution is 0.661. The van der Waals surface area contributed by atoms with E-state index in [1.54, 1.807) is 0 Å². The topological polar surface area (TPSA) is 105 Å². The summed E-state index contributed by atoms with van der Waals surface area (Å²) in [5.41, 5.74) is 35.0. The molecule has 17 aromatic carbocycles. The largest absolute Gasteiger partial charge is 0.309 e. The smallest absolute Gasteiger partial charge is 0.162 e. The van der Waals surface area contributed by atoms with Gasteiger partial charge in [0.05, 0.1) is 90.0 Å². The fourth-order valence-corrected chi connectivity index (χ4v) is 19.7. The van der Waals surface area contributed by atoms with Gasteiger partial charge < -0.3 is 13.7 Å². The van der Waals surface area contributed by atoms with Crippen LogP contribution in [0.2, 0.25) is 0 Å². The van der Waals surface area contributed by atoms with Gasteiger partial charge in [-0.05, 0) is 137 Å². The maximum atomic E-state index is 5.46. The van der Waals surface area contributed by atoms with Crippen molar-refractivity contribution in [3.8, 4) is 164 Å². The summed E-state index contributed by atoms with van der Waals surface area (Å²) in [4.78, 5) is 37.2. The summed E-state index contributed by atoms with van der Waals surface area (Å²) in [6, 6.07) is 162. The van der Waals surface area contributed by atoms with E-state index in [2.05, 4.69) is 404 Å². The van der Waals surface area contributed by atoms with Gasteiger partial charge in [-0.2, -0.15) is 0 Å². The van der Waals surface area contributed by atoms with E-state index < -0.39 is 0 Å². The number of hydrogen-bond donors (Lipinski definition) is 0. The van der Waals surface area contributed by atoms with E-state index in [9.17, 15) is 0 Å². The number of benzene rings is 17. The molecule has 0 amide bonds. The van der Waals surface area contributed by atoms with Crippen LogP contribution in [0.5, 0.6) is 0 Å². The number of rotatable bonds is 15. The monoisotopic (exact) mass is 1690 g/mol. The number of para-hydroxylation sites is 4. The molecule has 0 radical (unpaired) electrons. The van der Waals surface area contributed by atoms with Crippen LogP contribution >= 0.6 is 0 Å². The van der Waals surface area contributed by atoms with Crippen molar-refractivity contribution in [1.29, 1.82) is 0 Å². The molecule has 0 saturated heterocycles. The molecule has 0 saturated carbocycles. The van der Waals surface area contributed by atoms with E-state index in [-0.39, 0.29) is 5.41 Å². The molecule has 7 heterocycles.